The van der Waals surface area contributed by atoms with Crippen LogP contribution >= 0.6 is 11.8 Å². The van der Waals surface area contributed by atoms with Gasteiger partial charge < -0.3 is 15.5 Å². The minimum absolute atomic E-state index is 0.0606. The van der Waals surface area contributed by atoms with Crippen LogP contribution in [0.4, 0.5) is 0 Å². The Balaban J connectivity index is 1.40. The van der Waals surface area contributed by atoms with Crippen LogP contribution in [0.2, 0.25) is 0 Å². The van der Waals surface area contributed by atoms with Crippen molar-refractivity contribution in [2.75, 3.05) is 24.7 Å². The van der Waals surface area contributed by atoms with Crippen LogP contribution < -0.4 is 10.6 Å². The molecule has 0 radical (unpaired) electrons. The minimum atomic E-state index is -0.111. The minimum Gasteiger partial charge on any atom is -0.352 e. The number of hydrogen-bond donors (Lipinski definition) is 2. The summed E-state index contributed by atoms with van der Waals surface area (Å²) < 4.78 is 0. The van der Waals surface area contributed by atoms with E-state index in [-0.39, 0.29) is 23.8 Å². The number of rotatable bonds is 5. The van der Waals surface area contributed by atoms with Gasteiger partial charge in [0, 0.05) is 25.3 Å². The van der Waals surface area contributed by atoms with E-state index in [4.69, 9.17) is 0 Å². The highest BCUT2D eigenvalue weighted by atomic mass is 32.2. The van der Waals surface area contributed by atoms with Gasteiger partial charge in [0.15, 0.2) is 0 Å². The molecule has 1 aromatic carbocycles. The lowest BCUT2D eigenvalue weighted by Crippen LogP contribution is -2.42. The summed E-state index contributed by atoms with van der Waals surface area (Å²) in [5.74, 6) is 2.34. The Morgan fingerprint density at radius 1 is 1.30 bits per heavy atom. The molecule has 0 spiro atoms. The molecule has 2 atom stereocenters. The lowest BCUT2D eigenvalue weighted by Gasteiger charge is -2.19. The van der Waals surface area contributed by atoms with E-state index in [2.05, 4.69) is 10.6 Å². The van der Waals surface area contributed by atoms with Gasteiger partial charge in [-0.05, 0) is 24.4 Å². The standard InChI is InChI=1S/C17H23N3O2S/c21-16(19-10-13-4-2-1-3-5-13)9-14-8-15(18-11-14)17(22)20-6-7-23-12-20/h1-5,14-15,18H,6-12H2,(H,19,21). The summed E-state index contributed by atoms with van der Waals surface area (Å²) in [6.07, 6.45) is 1.25. The number of carbonyl (C=O) groups is 2. The Bertz CT molecular complexity index is 546. The van der Waals surface area contributed by atoms with E-state index in [0.717, 1.165) is 36.7 Å². The molecule has 1 aromatic rings. The molecule has 0 aromatic heterocycles. The highest BCUT2D eigenvalue weighted by molar-refractivity contribution is 7.99. The molecule has 2 heterocycles. The van der Waals surface area contributed by atoms with Gasteiger partial charge in [-0.3, -0.25) is 9.59 Å². The second-order valence-electron chi connectivity index (χ2n) is 6.17. The predicted molar refractivity (Wildman–Crippen MR) is 91.8 cm³/mol. The van der Waals surface area contributed by atoms with Crippen LogP contribution in [0.5, 0.6) is 0 Å². The van der Waals surface area contributed by atoms with E-state index in [1.54, 1.807) is 11.8 Å². The van der Waals surface area contributed by atoms with Crippen molar-refractivity contribution in [1.29, 1.82) is 0 Å². The van der Waals surface area contributed by atoms with E-state index in [1.165, 1.54) is 0 Å². The fourth-order valence-corrected chi connectivity index (χ4v) is 4.05. The molecule has 23 heavy (non-hydrogen) atoms. The summed E-state index contributed by atoms with van der Waals surface area (Å²) in [4.78, 5) is 26.3. The number of nitrogens with one attached hydrogen (secondary N) is 2. The van der Waals surface area contributed by atoms with Crippen molar-refractivity contribution in [1.82, 2.24) is 15.5 Å². The van der Waals surface area contributed by atoms with Gasteiger partial charge in [-0.1, -0.05) is 30.3 Å². The van der Waals surface area contributed by atoms with E-state index in [0.29, 0.717) is 13.0 Å². The lowest BCUT2D eigenvalue weighted by molar-refractivity contribution is -0.131. The van der Waals surface area contributed by atoms with Crippen molar-refractivity contribution in [3.8, 4) is 0 Å². The van der Waals surface area contributed by atoms with Gasteiger partial charge in [0.2, 0.25) is 11.8 Å². The third kappa shape index (κ3) is 4.48. The first kappa shape index (κ1) is 16.3. The normalized spacial score (nSPS) is 23.9. The fraction of sp³-hybridized carbons (Fsp3) is 0.529. The molecule has 0 bridgehead atoms. The summed E-state index contributed by atoms with van der Waals surface area (Å²) in [5.41, 5.74) is 1.10. The lowest BCUT2D eigenvalue weighted by atomic mass is 10.0. The first-order valence-corrected chi connectivity index (χ1v) is 9.28. The average molecular weight is 333 g/mol. The molecule has 3 rings (SSSR count). The molecule has 0 aliphatic carbocycles. The monoisotopic (exact) mass is 333 g/mol. The van der Waals surface area contributed by atoms with Crippen molar-refractivity contribution in [2.45, 2.75) is 25.4 Å². The van der Waals surface area contributed by atoms with Crippen LogP contribution in [0.15, 0.2) is 30.3 Å². The van der Waals surface area contributed by atoms with Gasteiger partial charge in [-0.25, -0.2) is 0 Å². The van der Waals surface area contributed by atoms with Crippen molar-refractivity contribution < 1.29 is 9.59 Å². The van der Waals surface area contributed by atoms with Crippen molar-refractivity contribution in [3.05, 3.63) is 35.9 Å². The third-order valence-electron chi connectivity index (χ3n) is 4.39. The number of nitrogens with zero attached hydrogens (tertiary/aromatic N) is 1. The summed E-state index contributed by atoms with van der Waals surface area (Å²) in [7, 11) is 0. The zero-order valence-corrected chi connectivity index (χ0v) is 14.0. The first-order valence-electron chi connectivity index (χ1n) is 8.13. The van der Waals surface area contributed by atoms with Gasteiger partial charge in [0.25, 0.3) is 0 Å². The van der Waals surface area contributed by atoms with Crippen LogP contribution in [-0.4, -0.2) is 47.5 Å². The number of carbonyl (C=O) groups excluding carboxylic acids is 2. The Labute approximate surface area is 141 Å². The third-order valence-corrected chi connectivity index (χ3v) is 5.36. The summed E-state index contributed by atoms with van der Waals surface area (Å²) in [5, 5.41) is 6.24. The number of amides is 2. The molecule has 2 N–H and O–H groups in total. The van der Waals surface area contributed by atoms with Crippen LogP contribution in [0.1, 0.15) is 18.4 Å². The van der Waals surface area contributed by atoms with Crippen LogP contribution in [0.3, 0.4) is 0 Å². The molecule has 0 saturated carbocycles. The smallest absolute Gasteiger partial charge is 0.240 e. The Morgan fingerprint density at radius 2 is 2.13 bits per heavy atom. The number of benzene rings is 1. The highest BCUT2D eigenvalue weighted by Gasteiger charge is 2.34. The molecule has 5 nitrogen and oxygen atoms in total. The van der Waals surface area contributed by atoms with E-state index in [9.17, 15) is 9.59 Å². The summed E-state index contributed by atoms with van der Waals surface area (Å²) in [6, 6.07) is 9.79. The maximum Gasteiger partial charge on any atom is 0.240 e. The molecule has 124 valence electrons. The zero-order chi connectivity index (χ0) is 16.1. The summed E-state index contributed by atoms with van der Waals surface area (Å²) >= 11 is 1.80. The molecular weight excluding hydrogens is 310 g/mol. The molecule has 2 aliphatic rings. The van der Waals surface area contributed by atoms with Crippen molar-refractivity contribution in [2.24, 2.45) is 5.92 Å². The maximum atomic E-state index is 12.3. The highest BCUT2D eigenvalue weighted by Crippen LogP contribution is 2.22. The maximum absolute atomic E-state index is 12.3. The van der Waals surface area contributed by atoms with Crippen molar-refractivity contribution in [3.63, 3.8) is 0 Å². The van der Waals surface area contributed by atoms with Crippen LogP contribution in [0, 0.1) is 5.92 Å². The van der Waals surface area contributed by atoms with Gasteiger partial charge >= 0.3 is 0 Å². The van der Waals surface area contributed by atoms with Crippen LogP contribution in [-0.2, 0) is 16.1 Å². The number of hydrogen-bond acceptors (Lipinski definition) is 4. The van der Waals surface area contributed by atoms with Gasteiger partial charge in [0.1, 0.15) is 0 Å². The predicted octanol–water partition coefficient (Wildman–Crippen LogP) is 1.20. The second-order valence-corrected chi connectivity index (χ2v) is 7.24. The second kappa shape index (κ2) is 7.84. The van der Waals surface area contributed by atoms with E-state index < -0.39 is 0 Å². The Morgan fingerprint density at radius 3 is 2.87 bits per heavy atom. The molecule has 2 aliphatic heterocycles. The molecule has 6 heteroatoms. The van der Waals surface area contributed by atoms with Gasteiger partial charge in [0.05, 0.1) is 11.9 Å². The first-order chi connectivity index (χ1) is 11.2. The topological polar surface area (TPSA) is 61.4 Å². The SMILES string of the molecule is O=C(CC1CNC(C(=O)N2CCSC2)C1)NCc1ccccc1. The molecule has 2 fully saturated rings. The van der Waals surface area contributed by atoms with Gasteiger partial charge in [-0.2, -0.15) is 0 Å². The Kier molecular flexibility index (Phi) is 5.56. The quantitative estimate of drug-likeness (QED) is 0.850. The largest absolute Gasteiger partial charge is 0.352 e. The summed E-state index contributed by atoms with van der Waals surface area (Å²) in [6.45, 7) is 2.16. The molecule has 2 saturated heterocycles. The Hall–Kier alpha value is -1.53. The van der Waals surface area contributed by atoms with Crippen LogP contribution in [0.25, 0.3) is 0 Å². The molecule has 2 unspecified atom stereocenters. The molecular formula is C17H23N3O2S. The van der Waals surface area contributed by atoms with E-state index >= 15 is 0 Å². The fourth-order valence-electron chi connectivity index (χ4n) is 3.09. The number of thioether (sulfide) groups is 1. The average Bonchev–Trinajstić information content (AvgIpc) is 3.25. The van der Waals surface area contributed by atoms with Crippen molar-refractivity contribution >= 4 is 23.6 Å². The van der Waals surface area contributed by atoms with Gasteiger partial charge in [-0.15, -0.1) is 11.8 Å². The van der Waals surface area contributed by atoms with E-state index in [1.807, 2.05) is 35.2 Å². The molecule has 2 amide bonds. The zero-order valence-electron chi connectivity index (χ0n) is 13.2.